The number of hydrogen-bond donors (Lipinski definition) is 1. The molecule has 5 aliphatic rings. The first-order valence-corrected chi connectivity index (χ1v) is 13.0. The summed E-state index contributed by atoms with van der Waals surface area (Å²) in [7, 11) is 1.61. The van der Waals surface area contributed by atoms with Crippen LogP contribution >= 0.6 is 0 Å². The van der Waals surface area contributed by atoms with Gasteiger partial charge in [0.1, 0.15) is 5.75 Å². The van der Waals surface area contributed by atoms with Crippen LogP contribution in [0.3, 0.4) is 0 Å². The zero-order chi connectivity index (χ0) is 25.5. The molecule has 1 saturated carbocycles. The van der Waals surface area contributed by atoms with E-state index in [1.807, 2.05) is 38.1 Å². The Morgan fingerprint density at radius 1 is 1.06 bits per heavy atom. The number of fused-ring (bicyclic) bond motifs is 2. The van der Waals surface area contributed by atoms with Crippen molar-refractivity contribution in [1.82, 2.24) is 5.32 Å². The van der Waals surface area contributed by atoms with Crippen LogP contribution in [0.1, 0.15) is 64.9 Å². The number of methoxy groups -OCH3 is 1. The van der Waals surface area contributed by atoms with Gasteiger partial charge in [0.25, 0.3) is 0 Å². The van der Waals surface area contributed by atoms with Crippen molar-refractivity contribution in [2.45, 2.75) is 89.8 Å². The Balaban J connectivity index is 1.17. The van der Waals surface area contributed by atoms with Crippen LogP contribution in [0, 0.1) is 23.7 Å². The van der Waals surface area contributed by atoms with Gasteiger partial charge in [0, 0.05) is 31.2 Å². The number of esters is 1. The molecule has 8 atom stereocenters. The van der Waals surface area contributed by atoms with Gasteiger partial charge in [-0.1, -0.05) is 26.0 Å². The van der Waals surface area contributed by atoms with Crippen LogP contribution in [0.15, 0.2) is 24.3 Å². The number of ether oxygens (including phenoxy) is 4. The summed E-state index contributed by atoms with van der Waals surface area (Å²) in [4.78, 5) is 36.9. The van der Waals surface area contributed by atoms with E-state index in [9.17, 15) is 9.59 Å². The van der Waals surface area contributed by atoms with E-state index in [1.165, 1.54) is 0 Å². The van der Waals surface area contributed by atoms with Crippen LogP contribution in [0.4, 0.5) is 0 Å². The van der Waals surface area contributed by atoms with Crippen molar-refractivity contribution in [2.24, 2.45) is 23.7 Å². The second-order valence-electron chi connectivity index (χ2n) is 10.9. The molecule has 1 N–H and O–H groups in total. The third kappa shape index (κ3) is 4.62. The lowest BCUT2D eigenvalue weighted by atomic mass is 9.58. The number of carbonyl (C=O) groups is 2. The summed E-state index contributed by atoms with van der Waals surface area (Å²) < 4.78 is 23.5. The maximum absolute atomic E-state index is 12.7. The molecule has 36 heavy (non-hydrogen) atoms. The van der Waals surface area contributed by atoms with Crippen LogP contribution in [0.5, 0.6) is 5.75 Å². The highest BCUT2D eigenvalue weighted by atomic mass is 17.3. The van der Waals surface area contributed by atoms with E-state index in [-0.39, 0.29) is 36.5 Å². The summed E-state index contributed by atoms with van der Waals surface area (Å²) in [6.45, 7) is 6.53. The monoisotopic (exact) mass is 503 g/mol. The van der Waals surface area contributed by atoms with Crippen LogP contribution in [0.2, 0.25) is 0 Å². The van der Waals surface area contributed by atoms with E-state index in [0.717, 1.165) is 37.0 Å². The average Bonchev–Trinajstić information content (AvgIpc) is 3.10. The molecule has 9 heteroatoms. The molecule has 4 unspecified atom stereocenters. The van der Waals surface area contributed by atoms with Crippen molar-refractivity contribution in [2.75, 3.05) is 7.11 Å². The highest BCUT2D eigenvalue weighted by Crippen LogP contribution is 2.60. The summed E-state index contributed by atoms with van der Waals surface area (Å²) in [6, 6.07) is 7.45. The molecule has 4 heterocycles. The Bertz CT molecular complexity index is 969. The van der Waals surface area contributed by atoms with Crippen molar-refractivity contribution >= 4 is 11.9 Å². The van der Waals surface area contributed by atoms with Gasteiger partial charge in [0.15, 0.2) is 11.9 Å². The lowest BCUT2D eigenvalue weighted by Crippen LogP contribution is -2.70. The SMILES string of the molecule is COc1ccc(CNC(=O)CCC(=O)O[C@@H]2O[C@@H]3O[C@@]4(C)CCC5C(C)CCC(C2C)[C@]53OO4)cc1. The maximum Gasteiger partial charge on any atom is 0.308 e. The fourth-order valence-electron chi connectivity index (χ4n) is 6.44. The molecule has 0 radical (unpaired) electrons. The summed E-state index contributed by atoms with van der Waals surface area (Å²) in [6.07, 6.45) is 2.24. The van der Waals surface area contributed by atoms with E-state index in [2.05, 4.69) is 12.2 Å². The molecule has 198 valence electrons. The first kappa shape index (κ1) is 25.4. The minimum absolute atomic E-state index is 0.0284. The molecule has 4 aliphatic heterocycles. The number of nitrogens with one attached hydrogen (secondary N) is 1. The fourth-order valence-corrected chi connectivity index (χ4v) is 6.44. The van der Waals surface area contributed by atoms with Gasteiger partial charge >= 0.3 is 5.97 Å². The molecule has 1 amide bonds. The van der Waals surface area contributed by atoms with Crippen molar-refractivity contribution in [3.05, 3.63) is 29.8 Å². The molecule has 5 fully saturated rings. The van der Waals surface area contributed by atoms with E-state index in [0.29, 0.717) is 12.5 Å². The van der Waals surface area contributed by atoms with Crippen molar-refractivity contribution in [3.8, 4) is 5.75 Å². The van der Waals surface area contributed by atoms with Gasteiger partial charge in [0.05, 0.1) is 13.5 Å². The fraction of sp³-hybridized carbons (Fsp3) is 0.704. The van der Waals surface area contributed by atoms with Crippen LogP contribution < -0.4 is 10.1 Å². The van der Waals surface area contributed by atoms with Gasteiger partial charge in [-0.2, -0.15) is 0 Å². The molecule has 0 aromatic heterocycles. The van der Waals surface area contributed by atoms with E-state index >= 15 is 0 Å². The zero-order valence-corrected chi connectivity index (χ0v) is 21.5. The number of amides is 1. The second-order valence-corrected chi connectivity index (χ2v) is 10.9. The Morgan fingerprint density at radius 2 is 1.83 bits per heavy atom. The molecule has 1 aliphatic carbocycles. The van der Waals surface area contributed by atoms with E-state index in [4.69, 9.17) is 28.7 Å². The highest BCUT2D eigenvalue weighted by Gasteiger charge is 2.69. The summed E-state index contributed by atoms with van der Waals surface area (Å²) >= 11 is 0. The molecular weight excluding hydrogens is 466 g/mol. The van der Waals surface area contributed by atoms with Gasteiger partial charge in [-0.25, -0.2) is 9.78 Å². The van der Waals surface area contributed by atoms with Gasteiger partial charge in [-0.05, 0) is 55.7 Å². The third-order valence-electron chi connectivity index (χ3n) is 8.55. The minimum atomic E-state index is -0.880. The lowest BCUT2D eigenvalue weighted by Gasteiger charge is -2.59. The second kappa shape index (κ2) is 9.93. The van der Waals surface area contributed by atoms with E-state index < -0.39 is 29.9 Å². The molecule has 1 aromatic rings. The first-order valence-electron chi connectivity index (χ1n) is 13.0. The summed E-state index contributed by atoms with van der Waals surface area (Å²) in [5.41, 5.74) is 0.250. The molecule has 1 spiro atoms. The van der Waals surface area contributed by atoms with Crippen LogP contribution in [-0.4, -0.2) is 43.0 Å². The molecule has 4 saturated heterocycles. The molecule has 9 nitrogen and oxygen atoms in total. The van der Waals surface area contributed by atoms with Crippen LogP contribution in [0.25, 0.3) is 0 Å². The van der Waals surface area contributed by atoms with Crippen LogP contribution in [-0.2, 0) is 40.1 Å². The Morgan fingerprint density at radius 3 is 2.58 bits per heavy atom. The zero-order valence-electron chi connectivity index (χ0n) is 21.5. The number of rotatable bonds is 7. The smallest absolute Gasteiger partial charge is 0.308 e. The normalized spacial score (nSPS) is 39.0. The predicted molar refractivity (Wildman–Crippen MR) is 127 cm³/mol. The number of benzene rings is 1. The van der Waals surface area contributed by atoms with E-state index in [1.54, 1.807) is 7.11 Å². The van der Waals surface area contributed by atoms with Crippen molar-refractivity contribution in [3.63, 3.8) is 0 Å². The van der Waals surface area contributed by atoms with Gasteiger partial charge in [0.2, 0.25) is 18.0 Å². The quantitative estimate of drug-likeness (QED) is 0.442. The average molecular weight is 504 g/mol. The van der Waals surface area contributed by atoms with Gasteiger partial charge in [-0.3, -0.25) is 9.59 Å². The topological polar surface area (TPSA) is 102 Å². The summed E-state index contributed by atoms with van der Waals surface area (Å²) in [5.74, 6) is -0.122. The summed E-state index contributed by atoms with van der Waals surface area (Å²) in [5, 5.41) is 2.83. The molecule has 2 bridgehead atoms. The minimum Gasteiger partial charge on any atom is -0.497 e. The molecular formula is C27H37NO8. The Hall–Kier alpha value is -2.20. The lowest BCUT2D eigenvalue weighted by molar-refractivity contribution is -0.576. The highest BCUT2D eigenvalue weighted by molar-refractivity contribution is 5.81. The standard InChI is InChI=1S/C27H37NO8/c1-16-5-10-21-17(2)24(33-25-27(21)20(16)13-14-26(3,34-25)35-36-27)32-23(30)12-11-22(29)28-15-18-6-8-19(31-4)9-7-18/h6-9,16-17,20-21,24-25H,5,10-15H2,1-4H3,(H,28,29)/t16?,17?,20?,21?,24-,25-,26-,27-/m1/s1. The number of carbonyl (C=O) groups excluding carboxylic acids is 2. The van der Waals surface area contributed by atoms with Gasteiger partial charge in [-0.15, -0.1) is 0 Å². The molecule has 6 rings (SSSR count). The number of hydrogen-bond acceptors (Lipinski definition) is 8. The Labute approximate surface area is 212 Å². The Kier molecular flexibility index (Phi) is 7.02. The third-order valence-corrected chi connectivity index (χ3v) is 8.55. The van der Waals surface area contributed by atoms with Crippen molar-refractivity contribution < 1.29 is 38.3 Å². The predicted octanol–water partition coefficient (Wildman–Crippen LogP) is 3.84. The maximum atomic E-state index is 12.7. The molecule has 1 aromatic carbocycles. The van der Waals surface area contributed by atoms with Gasteiger partial charge < -0.3 is 24.3 Å². The van der Waals surface area contributed by atoms with Crippen molar-refractivity contribution in [1.29, 1.82) is 0 Å². The first-order chi connectivity index (χ1) is 17.2. The largest absolute Gasteiger partial charge is 0.497 e.